The van der Waals surface area contributed by atoms with Crippen LogP contribution in [-0.4, -0.2) is 71.7 Å². The molecule has 3 heterocycles. The van der Waals surface area contributed by atoms with Gasteiger partial charge < -0.3 is 14.7 Å². The van der Waals surface area contributed by atoms with Gasteiger partial charge in [-0.2, -0.15) is 0 Å². The summed E-state index contributed by atoms with van der Waals surface area (Å²) in [5.74, 6) is 2.99. The highest BCUT2D eigenvalue weighted by Crippen LogP contribution is 2.37. The molecule has 3 rings (SSSR count). The zero-order valence-electron chi connectivity index (χ0n) is 33.2. The van der Waals surface area contributed by atoms with Crippen molar-refractivity contribution in [3.05, 3.63) is 0 Å². The maximum absolute atomic E-state index is 12.1. The van der Waals surface area contributed by atoms with E-state index in [1.807, 2.05) is 77.0 Å². The predicted molar refractivity (Wildman–Crippen MR) is 191 cm³/mol. The molecule has 6 nitrogen and oxygen atoms in total. The molecule has 264 valence electrons. The van der Waals surface area contributed by atoms with E-state index in [-0.39, 0.29) is 22.2 Å². The summed E-state index contributed by atoms with van der Waals surface area (Å²) in [5.41, 5.74) is 0.378. The average molecular weight is 634 g/mol. The number of amides is 3. The molecule has 3 saturated heterocycles. The predicted octanol–water partition coefficient (Wildman–Crippen LogP) is 8.78. The van der Waals surface area contributed by atoms with Crippen molar-refractivity contribution in [2.75, 3.05) is 39.3 Å². The molecule has 3 aliphatic heterocycles. The van der Waals surface area contributed by atoms with Crippen molar-refractivity contribution in [1.82, 2.24) is 14.7 Å². The van der Waals surface area contributed by atoms with Crippen molar-refractivity contribution in [2.45, 2.75) is 144 Å². The molecule has 0 radical (unpaired) electrons. The number of carbonyl (C=O) groups is 3. The van der Waals surface area contributed by atoms with E-state index in [9.17, 15) is 14.4 Å². The number of hydrogen-bond donors (Lipinski definition) is 0. The minimum atomic E-state index is -0.229. The van der Waals surface area contributed by atoms with E-state index in [4.69, 9.17) is 0 Å². The van der Waals surface area contributed by atoms with E-state index < -0.39 is 0 Å². The van der Waals surface area contributed by atoms with Crippen LogP contribution in [0, 0.1) is 50.2 Å². The van der Waals surface area contributed by atoms with Gasteiger partial charge in [0.25, 0.3) is 0 Å². The summed E-state index contributed by atoms with van der Waals surface area (Å²) in [7, 11) is 0. The first-order valence-corrected chi connectivity index (χ1v) is 17.7. The van der Waals surface area contributed by atoms with Crippen molar-refractivity contribution in [3.63, 3.8) is 0 Å². The summed E-state index contributed by atoms with van der Waals surface area (Å²) < 4.78 is 0. The van der Waals surface area contributed by atoms with Gasteiger partial charge in [0.1, 0.15) is 0 Å². The molecule has 3 amide bonds. The topological polar surface area (TPSA) is 60.9 Å². The van der Waals surface area contributed by atoms with E-state index in [2.05, 4.69) is 62.3 Å². The number of nitrogens with zero attached hydrogens (tertiary/aromatic N) is 3. The maximum atomic E-state index is 12.1. The van der Waals surface area contributed by atoms with Crippen LogP contribution in [-0.2, 0) is 14.4 Å². The van der Waals surface area contributed by atoms with Crippen LogP contribution in [0.25, 0.3) is 0 Å². The van der Waals surface area contributed by atoms with E-state index in [0.717, 1.165) is 64.4 Å². The second-order valence-electron chi connectivity index (χ2n) is 20.6. The second kappa shape index (κ2) is 14.7. The highest BCUT2D eigenvalue weighted by Gasteiger charge is 2.41. The smallest absolute Gasteiger partial charge is 0.227 e. The van der Waals surface area contributed by atoms with Crippen LogP contribution >= 0.6 is 0 Å². The van der Waals surface area contributed by atoms with Crippen LogP contribution in [0.5, 0.6) is 0 Å². The lowest BCUT2D eigenvalue weighted by Crippen LogP contribution is -2.57. The quantitative estimate of drug-likeness (QED) is 0.268. The van der Waals surface area contributed by atoms with Gasteiger partial charge in [-0.05, 0) is 53.3 Å². The van der Waals surface area contributed by atoms with E-state index in [0.29, 0.717) is 39.9 Å². The van der Waals surface area contributed by atoms with Crippen LogP contribution in [0.4, 0.5) is 0 Å². The minimum absolute atomic E-state index is 0.219. The molecule has 0 aliphatic carbocycles. The second-order valence-corrected chi connectivity index (χ2v) is 20.6. The average Bonchev–Trinajstić information content (AvgIpc) is 3.31. The number of hydrogen-bond acceptors (Lipinski definition) is 3. The van der Waals surface area contributed by atoms with Crippen molar-refractivity contribution in [2.24, 2.45) is 50.2 Å². The summed E-state index contributed by atoms with van der Waals surface area (Å²) in [6.45, 7) is 44.1. The molecule has 0 aromatic rings. The van der Waals surface area contributed by atoms with Gasteiger partial charge in [-0.3, -0.25) is 14.4 Å². The fourth-order valence-electron chi connectivity index (χ4n) is 6.22. The molecule has 0 aromatic carbocycles. The summed E-state index contributed by atoms with van der Waals surface area (Å²) in [6, 6.07) is 0. The number of piperidine rings is 1. The third-order valence-corrected chi connectivity index (χ3v) is 10.0. The highest BCUT2D eigenvalue weighted by molar-refractivity contribution is 5.82. The summed E-state index contributed by atoms with van der Waals surface area (Å²) >= 11 is 0. The zero-order chi connectivity index (χ0) is 35.6. The molecule has 45 heavy (non-hydrogen) atoms. The van der Waals surface area contributed by atoms with Crippen LogP contribution < -0.4 is 0 Å². The molecular formula is C39H75N3O3. The normalized spacial score (nSPS) is 20.9. The van der Waals surface area contributed by atoms with Crippen LogP contribution in [0.2, 0.25) is 0 Å². The summed E-state index contributed by atoms with van der Waals surface area (Å²) in [4.78, 5) is 42.1. The third-order valence-electron chi connectivity index (χ3n) is 10.0. The number of rotatable bonds is 0. The highest BCUT2D eigenvalue weighted by atomic mass is 16.2. The molecule has 0 saturated carbocycles. The van der Waals surface area contributed by atoms with Crippen LogP contribution in [0.15, 0.2) is 0 Å². The van der Waals surface area contributed by atoms with E-state index >= 15 is 0 Å². The van der Waals surface area contributed by atoms with Gasteiger partial charge in [-0.15, -0.1) is 0 Å². The lowest BCUT2D eigenvalue weighted by Gasteiger charge is -2.48. The Kier molecular flexibility index (Phi) is 13.5. The van der Waals surface area contributed by atoms with Gasteiger partial charge in [-0.1, -0.05) is 125 Å². The molecule has 0 bridgehead atoms. The van der Waals surface area contributed by atoms with Gasteiger partial charge in [0, 0.05) is 55.5 Å². The monoisotopic (exact) mass is 634 g/mol. The lowest BCUT2D eigenvalue weighted by molar-refractivity contribution is -0.149. The lowest BCUT2D eigenvalue weighted by atomic mass is 9.75. The molecule has 3 aliphatic rings. The first kappa shape index (κ1) is 41.4. The van der Waals surface area contributed by atoms with Crippen LogP contribution in [0.3, 0.4) is 0 Å². The molecule has 1 unspecified atom stereocenters. The largest absolute Gasteiger partial charge is 0.342 e. The molecule has 6 heteroatoms. The van der Waals surface area contributed by atoms with Crippen molar-refractivity contribution in [3.8, 4) is 0 Å². The first-order chi connectivity index (χ1) is 19.9. The first-order valence-electron chi connectivity index (χ1n) is 17.7. The van der Waals surface area contributed by atoms with Crippen molar-refractivity contribution >= 4 is 17.7 Å². The van der Waals surface area contributed by atoms with Gasteiger partial charge in [0.2, 0.25) is 17.7 Å². The minimum Gasteiger partial charge on any atom is -0.342 e. The van der Waals surface area contributed by atoms with Crippen molar-refractivity contribution < 1.29 is 14.4 Å². The third kappa shape index (κ3) is 12.9. The Hall–Kier alpha value is -1.59. The molecule has 3 fully saturated rings. The maximum Gasteiger partial charge on any atom is 0.227 e. The zero-order valence-corrected chi connectivity index (χ0v) is 33.2. The fourth-order valence-corrected chi connectivity index (χ4v) is 6.22. The van der Waals surface area contributed by atoms with Crippen molar-refractivity contribution in [1.29, 1.82) is 0 Å². The Morgan fingerprint density at radius 1 is 0.378 bits per heavy atom. The van der Waals surface area contributed by atoms with E-state index in [1.54, 1.807) is 0 Å². The SMILES string of the molecule is CC(C)(C)C(=O)N1CC(C(C)(C)C)C1.CC(C)(C)C(=O)N1CCC(C(C)(C)C)C1.CC(C)(C)C(=O)N1CCC(C(C)(C)C)CC1. The Bertz CT molecular complexity index is 975. The Morgan fingerprint density at radius 3 is 0.956 bits per heavy atom. The van der Waals surface area contributed by atoms with E-state index in [1.165, 1.54) is 0 Å². The summed E-state index contributed by atoms with van der Waals surface area (Å²) in [5, 5.41) is 0. The number of likely N-dealkylation sites (tertiary alicyclic amines) is 3. The van der Waals surface area contributed by atoms with Gasteiger partial charge in [-0.25, -0.2) is 0 Å². The van der Waals surface area contributed by atoms with Gasteiger partial charge >= 0.3 is 0 Å². The standard InChI is InChI=1S/C14H27NO.C13H25NO.C12H23NO/c1-13(2,3)11-7-9-15(10-8-11)12(16)14(4,5)6;1-12(2,3)10-7-8-14(9-10)11(15)13(4,5)6;1-11(2,3)9-7-13(8-9)10(14)12(4,5)6/h11H,7-10H2,1-6H3;10H,7-9H2,1-6H3;9H,7-8H2,1-6H3. The van der Waals surface area contributed by atoms with Crippen LogP contribution in [0.1, 0.15) is 144 Å². The Balaban J connectivity index is 0.000000338. The molecular weight excluding hydrogens is 558 g/mol. The fraction of sp³-hybridized carbons (Fsp3) is 0.923. The Morgan fingerprint density at radius 2 is 0.644 bits per heavy atom. The molecule has 0 N–H and O–H groups in total. The Labute approximate surface area is 279 Å². The van der Waals surface area contributed by atoms with Gasteiger partial charge in [0.15, 0.2) is 0 Å². The molecule has 0 spiro atoms. The van der Waals surface area contributed by atoms with Gasteiger partial charge in [0.05, 0.1) is 0 Å². The molecule has 1 atom stereocenters. The molecule has 0 aromatic heterocycles. The summed E-state index contributed by atoms with van der Waals surface area (Å²) in [6.07, 6.45) is 3.47. The number of carbonyl (C=O) groups excluding carboxylic acids is 3.